The second-order valence-corrected chi connectivity index (χ2v) is 2.80. The Hall–Kier alpha value is -1.91. The Morgan fingerprint density at radius 1 is 1.54 bits per heavy atom. The lowest BCUT2D eigenvalue weighted by atomic mass is 10.3. The fraction of sp³-hybridized carbons (Fsp3) is 0.125. The third-order valence-electron chi connectivity index (χ3n) is 1.72. The van der Waals surface area contributed by atoms with E-state index in [0.29, 0.717) is 11.3 Å². The summed E-state index contributed by atoms with van der Waals surface area (Å²) in [7, 11) is 0. The summed E-state index contributed by atoms with van der Waals surface area (Å²) < 4.78 is 1.68. The molecule has 1 amide bonds. The molecular formula is C8H8N4O. The zero-order chi connectivity index (χ0) is 9.42. The first kappa shape index (κ1) is 7.72. The number of hydrogen-bond acceptors (Lipinski definition) is 3. The molecule has 2 heterocycles. The highest BCUT2D eigenvalue weighted by molar-refractivity contribution is 5.92. The highest BCUT2D eigenvalue weighted by Crippen LogP contribution is 2.02. The molecule has 0 unspecified atom stereocenters. The van der Waals surface area contributed by atoms with Crippen LogP contribution < -0.4 is 5.73 Å². The van der Waals surface area contributed by atoms with Crippen LogP contribution in [0.1, 0.15) is 16.1 Å². The van der Waals surface area contributed by atoms with Gasteiger partial charge in [0.2, 0.25) is 5.78 Å². The lowest BCUT2D eigenvalue weighted by Crippen LogP contribution is -2.12. The van der Waals surface area contributed by atoms with Gasteiger partial charge in [-0.3, -0.25) is 9.20 Å². The van der Waals surface area contributed by atoms with Crippen molar-refractivity contribution in [3.63, 3.8) is 0 Å². The van der Waals surface area contributed by atoms with Crippen molar-refractivity contribution >= 4 is 11.7 Å². The number of hydrogen-bond donors (Lipinski definition) is 1. The van der Waals surface area contributed by atoms with E-state index < -0.39 is 5.91 Å². The van der Waals surface area contributed by atoms with E-state index in [1.807, 2.05) is 6.92 Å². The number of nitrogens with zero attached hydrogens (tertiary/aromatic N) is 3. The molecule has 2 rings (SSSR count). The molecule has 0 spiro atoms. The van der Waals surface area contributed by atoms with E-state index in [2.05, 4.69) is 9.97 Å². The summed E-state index contributed by atoms with van der Waals surface area (Å²) in [6, 6.07) is 0. The number of aromatic nitrogens is 3. The highest BCUT2D eigenvalue weighted by atomic mass is 16.1. The molecule has 2 N–H and O–H groups in total. The van der Waals surface area contributed by atoms with Gasteiger partial charge >= 0.3 is 0 Å². The van der Waals surface area contributed by atoms with Crippen LogP contribution >= 0.6 is 0 Å². The number of rotatable bonds is 1. The van der Waals surface area contributed by atoms with Gasteiger partial charge in [0.05, 0.1) is 11.3 Å². The fourth-order valence-electron chi connectivity index (χ4n) is 1.13. The molecule has 5 heteroatoms. The van der Waals surface area contributed by atoms with E-state index in [9.17, 15) is 4.79 Å². The van der Waals surface area contributed by atoms with Crippen LogP contribution in [-0.2, 0) is 0 Å². The minimum absolute atomic E-state index is 0.380. The van der Waals surface area contributed by atoms with Crippen LogP contribution in [0, 0.1) is 6.92 Å². The van der Waals surface area contributed by atoms with Gasteiger partial charge in [-0.2, -0.15) is 0 Å². The van der Waals surface area contributed by atoms with Gasteiger partial charge in [0.1, 0.15) is 0 Å². The number of fused-ring (bicyclic) bond motifs is 1. The van der Waals surface area contributed by atoms with E-state index in [1.54, 1.807) is 16.8 Å². The normalized spacial score (nSPS) is 10.5. The number of carbonyl (C=O) groups is 1. The van der Waals surface area contributed by atoms with Gasteiger partial charge in [0.15, 0.2) is 0 Å². The number of aryl methyl sites for hydroxylation is 1. The minimum Gasteiger partial charge on any atom is -0.366 e. The summed E-state index contributed by atoms with van der Waals surface area (Å²) in [6.07, 6.45) is 4.82. The predicted octanol–water partition coefficient (Wildman–Crippen LogP) is 0.137. The van der Waals surface area contributed by atoms with Crippen molar-refractivity contribution in [2.75, 3.05) is 0 Å². The summed E-state index contributed by atoms with van der Waals surface area (Å²) in [5.41, 5.74) is 6.33. The lowest BCUT2D eigenvalue weighted by Gasteiger charge is -1.94. The van der Waals surface area contributed by atoms with E-state index in [-0.39, 0.29) is 0 Å². The molecule has 2 aromatic heterocycles. The van der Waals surface area contributed by atoms with Gasteiger partial charge in [-0.15, -0.1) is 0 Å². The van der Waals surface area contributed by atoms with Crippen molar-refractivity contribution in [2.45, 2.75) is 6.92 Å². The van der Waals surface area contributed by atoms with Gasteiger partial charge in [0, 0.05) is 18.6 Å². The van der Waals surface area contributed by atoms with Crippen molar-refractivity contribution < 1.29 is 4.79 Å². The molecule has 0 aliphatic heterocycles. The van der Waals surface area contributed by atoms with Crippen molar-refractivity contribution in [1.29, 1.82) is 0 Å². The SMILES string of the molecule is Cc1cn2cc(C(N)=O)cnc2n1. The third-order valence-corrected chi connectivity index (χ3v) is 1.72. The largest absolute Gasteiger partial charge is 0.366 e. The summed E-state index contributed by atoms with van der Waals surface area (Å²) in [6.45, 7) is 1.86. The quantitative estimate of drug-likeness (QED) is 0.671. The molecule has 13 heavy (non-hydrogen) atoms. The Kier molecular flexibility index (Phi) is 1.51. The molecule has 0 radical (unpaired) electrons. The van der Waals surface area contributed by atoms with Gasteiger partial charge in [-0.25, -0.2) is 9.97 Å². The standard InChI is InChI=1S/C8H8N4O/c1-5-3-12-4-6(7(9)13)2-10-8(12)11-5/h2-4H,1H3,(H2,9,13). The second-order valence-electron chi connectivity index (χ2n) is 2.80. The maximum atomic E-state index is 10.8. The molecule has 0 bridgehead atoms. The Morgan fingerprint density at radius 3 is 3.00 bits per heavy atom. The van der Waals surface area contributed by atoms with E-state index in [4.69, 9.17) is 5.73 Å². The molecule has 2 aromatic rings. The van der Waals surface area contributed by atoms with Crippen molar-refractivity contribution in [3.05, 3.63) is 29.8 Å². The van der Waals surface area contributed by atoms with Crippen molar-refractivity contribution in [3.8, 4) is 0 Å². The first-order valence-electron chi connectivity index (χ1n) is 3.78. The molecule has 0 atom stereocenters. The van der Waals surface area contributed by atoms with Crippen LogP contribution in [0.4, 0.5) is 0 Å². The highest BCUT2D eigenvalue weighted by Gasteiger charge is 2.03. The Labute approximate surface area is 74.2 Å². The number of imidazole rings is 1. The summed E-state index contributed by atoms with van der Waals surface area (Å²) in [5.74, 6) is 0.0863. The molecule has 0 saturated heterocycles. The van der Waals surface area contributed by atoms with Crippen molar-refractivity contribution in [1.82, 2.24) is 14.4 Å². The van der Waals surface area contributed by atoms with E-state index in [1.165, 1.54) is 6.20 Å². The van der Waals surface area contributed by atoms with Crippen LogP contribution in [0.3, 0.4) is 0 Å². The molecule has 0 fully saturated rings. The minimum atomic E-state index is -0.485. The smallest absolute Gasteiger partial charge is 0.251 e. The average molecular weight is 176 g/mol. The molecule has 0 aliphatic carbocycles. The molecule has 5 nitrogen and oxygen atoms in total. The number of primary amides is 1. The third kappa shape index (κ3) is 1.24. The Balaban J connectivity index is 2.67. The zero-order valence-electron chi connectivity index (χ0n) is 7.06. The van der Waals surface area contributed by atoms with Crippen LogP contribution in [0.2, 0.25) is 0 Å². The molecule has 0 aliphatic rings. The second kappa shape index (κ2) is 2.55. The number of nitrogens with two attached hydrogens (primary N) is 1. The lowest BCUT2D eigenvalue weighted by molar-refractivity contribution is 0.0999. The van der Waals surface area contributed by atoms with Crippen LogP contribution in [0.25, 0.3) is 5.78 Å². The van der Waals surface area contributed by atoms with E-state index in [0.717, 1.165) is 5.69 Å². The summed E-state index contributed by atoms with van der Waals surface area (Å²) in [5, 5.41) is 0. The fourth-order valence-corrected chi connectivity index (χ4v) is 1.13. The van der Waals surface area contributed by atoms with Crippen LogP contribution in [0.5, 0.6) is 0 Å². The Morgan fingerprint density at radius 2 is 2.31 bits per heavy atom. The Bertz CT molecular complexity index is 474. The maximum absolute atomic E-state index is 10.8. The number of amides is 1. The van der Waals surface area contributed by atoms with Crippen molar-refractivity contribution in [2.24, 2.45) is 5.73 Å². The molecule has 0 saturated carbocycles. The zero-order valence-corrected chi connectivity index (χ0v) is 7.06. The number of carbonyl (C=O) groups excluding carboxylic acids is 1. The van der Waals surface area contributed by atoms with Gasteiger partial charge in [-0.1, -0.05) is 0 Å². The first-order valence-corrected chi connectivity index (χ1v) is 3.78. The van der Waals surface area contributed by atoms with E-state index >= 15 is 0 Å². The molecule has 66 valence electrons. The predicted molar refractivity (Wildman–Crippen MR) is 46.2 cm³/mol. The van der Waals surface area contributed by atoms with Gasteiger partial charge in [0.25, 0.3) is 5.91 Å². The van der Waals surface area contributed by atoms with Gasteiger partial charge in [-0.05, 0) is 6.92 Å². The average Bonchev–Trinajstić information content (AvgIpc) is 2.42. The monoisotopic (exact) mass is 176 g/mol. The van der Waals surface area contributed by atoms with Crippen LogP contribution in [0.15, 0.2) is 18.6 Å². The molecule has 0 aromatic carbocycles. The maximum Gasteiger partial charge on any atom is 0.251 e. The van der Waals surface area contributed by atoms with Gasteiger partial charge < -0.3 is 5.73 Å². The molecular weight excluding hydrogens is 168 g/mol. The first-order chi connectivity index (χ1) is 6.16. The summed E-state index contributed by atoms with van der Waals surface area (Å²) >= 11 is 0. The van der Waals surface area contributed by atoms with Crippen LogP contribution in [-0.4, -0.2) is 20.3 Å². The summed E-state index contributed by atoms with van der Waals surface area (Å²) in [4.78, 5) is 18.9. The topological polar surface area (TPSA) is 73.3 Å².